The van der Waals surface area contributed by atoms with E-state index < -0.39 is 16.2 Å². The van der Waals surface area contributed by atoms with Crippen LogP contribution in [0.4, 0.5) is 10.6 Å². The predicted molar refractivity (Wildman–Crippen MR) is 103 cm³/mol. The molecule has 3 aromatic rings. The van der Waals surface area contributed by atoms with Crippen LogP contribution in [0.1, 0.15) is 16.7 Å². The predicted octanol–water partition coefficient (Wildman–Crippen LogP) is 3.10. The lowest BCUT2D eigenvalue weighted by atomic mass is 10.1. The second-order valence-corrected chi connectivity index (χ2v) is 8.03. The van der Waals surface area contributed by atoms with Gasteiger partial charge in [0.2, 0.25) is 0 Å². The molecule has 28 heavy (non-hydrogen) atoms. The minimum atomic E-state index is -4.03. The first-order valence-corrected chi connectivity index (χ1v) is 9.96. The Hall–Kier alpha value is -3.57. The van der Waals surface area contributed by atoms with E-state index in [1.165, 1.54) is 11.1 Å². The van der Waals surface area contributed by atoms with Gasteiger partial charge in [0.05, 0.1) is 24.7 Å². The maximum absolute atomic E-state index is 13.2. The van der Waals surface area contributed by atoms with E-state index >= 15 is 0 Å². The Bertz CT molecular complexity index is 1180. The van der Waals surface area contributed by atoms with Crippen LogP contribution in [-0.4, -0.2) is 22.7 Å². The number of carbonyl (C=O) groups is 1. The van der Waals surface area contributed by atoms with Crippen LogP contribution in [-0.2, 0) is 23.3 Å². The molecule has 0 atom stereocenters. The van der Waals surface area contributed by atoms with Crippen LogP contribution in [0.2, 0.25) is 0 Å². The fourth-order valence-corrected chi connectivity index (χ4v) is 4.62. The molecule has 140 valence electrons. The molecule has 2 heterocycles. The van der Waals surface area contributed by atoms with E-state index in [2.05, 4.69) is 6.07 Å². The Labute approximate surface area is 162 Å². The van der Waals surface area contributed by atoms with Gasteiger partial charge in [0.1, 0.15) is 5.82 Å². The molecule has 2 amide bonds. The van der Waals surface area contributed by atoms with E-state index in [9.17, 15) is 18.5 Å². The standard InChI is InChI=1S/C20H16N4O3S/c21-13-17-9-4-5-10-18(17)15-22-19-11-6-12-23(19)28(26,27)24(20(22)25)14-16-7-2-1-3-8-16/h1-12H,14-15H2. The number of amides is 2. The van der Waals surface area contributed by atoms with Crippen molar-refractivity contribution in [2.24, 2.45) is 0 Å². The lowest BCUT2D eigenvalue weighted by Crippen LogP contribution is -2.52. The highest BCUT2D eigenvalue weighted by atomic mass is 32.2. The normalized spacial score (nSPS) is 15.2. The van der Waals surface area contributed by atoms with Gasteiger partial charge in [-0.25, -0.2) is 8.77 Å². The number of benzene rings is 2. The van der Waals surface area contributed by atoms with E-state index in [1.54, 1.807) is 60.7 Å². The van der Waals surface area contributed by atoms with Gasteiger partial charge in [-0.1, -0.05) is 48.5 Å². The third-order valence-electron chi connectivity index (χ3n) is 4.58. The van der Waals surface area contributed by atoms with Crippen molar-refractivity contribution in [1.29, 1.82) is 5.26 Å². The Balaban J connectivity index is 1.77. The number of rotatable bonds is 4. The molecule has 0 radical (unpaired) electrons. The summed E-state index contributed by atoms with van der Waals surface area (Å²) >= 11 is 0. The van der Waals surface area contributed by atoms with Crippen LogP contribution in [0.5, 0.6) is 0 Å². The first-order chi connectivity index (χ1) is 13.5. The topological polar surface area (TPSA) is 86.4 Å². The summed E-state index contributed by atoms with van der Waals surface area (Å²) in [5.41, 5.74) is 1.79. The van der Waals surface area contributed by atoms with Gasteiger partial charge in [-0.15, -0.1) is 0 Å². The van der Waals surface area contributed by atoms with Crippen molar-refractivity contribution < 1.29 is 13.2 Å². The zero-order valence-corrected chi connectivity index (χ0v) is 15.6. The van der Waals surface area contributed by atoms with Gasteiger partial charge in [-0.3, -0.25) is 4.90 Å². The Kier molecular flexibility index (Phi) is 4.37. The van der Waals surface area contributed by atoms with Gasteiger partial charge >= 0.3 is 16.2 Å². The van der Waals surface area contributed by atoms with Gasteiger partial charge in [0.25, 0.3) is 0 Å². The number of urea groups is 1. The third kappa shape index (κ3) is 2.92. The van der Waals surface area contributed by atoms with Gasteiger partial charge < -0.3 is 0 Å². The van der Waals surface area contributed by atoms with E-state index in [1.807, 2.05) is 6.07 Å². The average Bonchev–Trinajstić information content (AvgIpc) is 3.21. The summed E-state index contributed by atoms with van der Waals surface area (Å²) in [7, 11) is -4.03. The summed E-state index contributed by atoms with van der Waals surface area (Å²) in [4.78, 5) is 14.6. The van der Waals surface area contributed by atoms with Gasteiger partial charge in [0.15, 0.2) is 0 Å². The monoisotopic (exact) mass is 392 g/mol. The third-order valence-corrected chi connectivity index (χ3v) is 6.22. The Morgan fingerprint density at radius 1 is 0.893 bits per heavy atom. The number of nitriles is 1. The molecule has 7 nitrogen and oxygen atoms in total. The van der Waals surface area contributed by atoms with E-state index in [4.69, 9.17) is 0 Å². The summed E-state index contributed by atoms with van der Waals surface area (Å²) in [6.07, 6.45) is 1.41. The van der Waals surface area contributed by atoms with Crippen molar-refractivity contribution in [2.45, 2.75) is 13.1 Å². The van der Waals surface area contributed by atoms with Crippen molar-refractivity contribution in [1.82, 2.24) is 8.28 Å². The first-order valence-electron chi connectivity index (χ1n) is 8.56. The van der Waals surface area contributed by atoms with E-state index in [-0.39, 0.29) is 18.9 Å². The number of aromatic nitrogens is 1. The van der Waals surface area contributed by atoms with Gasteiger partial charge in [-0.2, -0.15) is 18.0 Å². The number of hydrogen-bond donors (Lipinski definition) is 0. The van der Waals surface area contributed by atoms with Gasteiger partial charge in [-0.05, 0) is 29.3 Å². The summed E-state index contributed by atoms with van der Waals surface area (Å²) in [5, 5.41) is 9.33. The van der Waals surface area contributed by atoms with E-state index in [0.29, 0.717) is 16.7 Å². The molecule has 0 N–H and O–H groups in total. The second-order valence-electron chi connectivity index (χ2n) is 6.30. The quantitative estimate of drug-likeness (QED) is 0.683. The number of fused-ring (bicyclic) bond motifs is 1. The summed E-state index contributed by atoms with van der Waals surface area (Å²) in [6.45, 7) is 0.0173. The summed E-state index contributed by atoms with van der Waals surface area (Å²) in [6, 6.07) is 20.5. The number of carbonyl (C=O) groups excluding carboxylic acids is 1. The minimum absolute atomic E-state index is 0.0734. The molecule has 1 aliphatic heterocycles. The van der Waals surface area contributed by atoms with E-state index in [0.717, 1.165) is 8.28 Å². The van der Waals surface area contributed by atoms with Crippen molar-refractivity contribution in [3.05, 3.63) is 89.6 Å². The average molecular weight is 392 g/mol. The molecule has 0 unspecified atom stereocenters. The second kappa shape index (κ2) is 6.87. The van der Waals surface area contributed by atoms with Crippen molar-refractivity contribution in [3.8, 4) is 6.07 Å². The molecule has 2 aromatic carbocycles. The number of nitrogens with zero attached hydrogens (tertiary/aromatic N) is 4. The lowest BCUT2D eigenvalue weighted by molar-refractivity contribution is 0.225. The molecule has 0 saturated heterocycles. The molecular formula is C20H16N4O3S. The van der Waals surface area contributed by atoms with Crippen molar-refractivity contribution in [3.63, 3.8) is 0 Å². The molecule has 0 spiro atoms. The van der Waals surface area contributed by atoms with Crippen LogP contribution in [0.15, 0.2) is 72.9 Å². The maximum Gasteiger partial charge on any atom is 0.341 e. The van der Waals surface area contributed by atoms with Crippen LogP contribution in [0, 0.1) is 11.3 Å². The molecular weight excluding hydrogens is 376 g/mol. The molecule has 1 aliphatic rings. The molecule has 0 bridgehead atoms. The van der Waals surface area contributed by atoms with Crippen LogP contribution in [0.3, 0.4) is 0 Å². The Morgan fingerprint density at radius 3 is 2.36 bits per heavy atom. The zero-order chi connectivity index (χ0) is 19.7. The highest BCUT2D eigenvalue weighted by Crippen LogP contribution is 2.30. The molecule has 0 fully saturated rings. The summed E-state index contributed by atoms with van der Waals surface area (Å²) in [5.74, 6) is 0.252. The molecule has 4 rings (SSSR count). The SMILES string of the molecule is N#Cc1ccccc1CN1C(=O)N(Cc2ccccc2)S(=O)(=O)n2cccc21. The minimum Gasteiger partial charge on any atom is -0.273 e. The fraction of sp³-hybridized carbons (Fsp3) is 0.100. The lowest BCUT2D eigenvalue weighted by Gasteiger charge is -2.36. The first kappa shape index (κ1) is 17.8. The highest BCUT2D eigenvalue weighted by Gasteiger charge is 2.40. The highest BCUT2D eigenvalue weighted by molar-refractivity contribution is 7.88. The number of hydrogen-bond acceptors (Lipinski definition) is 4. The Morgan fingerprint density at radius 2 is 1.61 bits per heavy atom. The fourth-order valence-electron chi connectivity index (χ4n) is 3.18. The van der Waals surface area contributed by atoms with Crippen LogP contribution < -0.4 is 4.90 Å². The van der Waals surface area contributed by atoms with Crippen LogP contribution in [0.25, 0.3) is 0 Å². The molecule has 8 heteroatoms. The van der Waals surface area contributed by atoms with Crippen LogP contribution >= 0.6 is 0 Å². The molecule has 0 aliphatic carbocycles. The zero-order valence-electron chi connectivity index (χ0n) is 14.8. The molecule has 1 aromatic heterocycles. The van der Waals surface area contributed by atoms with Crippen molar-refractivity contribution >= 4 is 22.1 Å². The van der Waals surface area contributed by atoms with Crippen molar-refractivity contribution in [2.75, 3.05) is 4.90 Å². The maximum atomic E-state index is 13.2. The largest absolute Gasteiger partial charge is 0.341 e. The molecule has 0 saturated carbocycles. The smallest absolute Gasteiger partial charge is 0.273 e. The van der Waals surface area contributed by atoms with Gasteiger partial charge in [0, 0.05) is 6.20 Å². The summed E-state index contributed by atoms with van der Waals surface area (Å²) < 4.78 is 27.9. The number of anilines is 1.